The molecule has 10 heavy (non-hydrogen) atoms. The Morgan fingerprint density at radius 3 is 1.80 bits per heavy atom. The van der Waals surface area contributed by atoms with Crippen molar-refractivity contribution >= 4 is 22.6 Å². The van der Waals surface area contributed by atoms with Crippen LogP contribution in [0.4, 0.5) is 0 Å². The fourth-order valence-electron chi connectivity index (χ4n) is 2.81. The van der Waals surface area contributed by atoms with E-state index >= 15 is 0 Å². The summed E-state index contributed by atoms with van der Waals surface area (Å²) in [4.78, 5) is 0. The predicted molar refractivity (Wildman–Crippen MR) is 52.5 cm³/mol. The quantitative estimate of drug-likeness (QED) is 0.456. The standard InChI is InChI=1S/C9H15I/c1-8(2)7-3-5-9(8,10)6-4-7/h7H,3-6H2,1-2H3. The van der Waals surface area contributed by atoms with Crippen molar-refractivity contribution in [1.29, 1.82) is 0 Å². The third kappa shape index (κ3) is 0.678. The highest BCUT2D eigenvalue weighted by atomic mass is 127. The highest BCUT2D eigenvalue weighted by Gasteiger charge is 2.57. The SMILES string of the molecule is CC1(C)C2CCC1(I)CC2. The van der Waals surface area contributed by atoms with E-state index in [0.717, 1.165) is 5.92 Å². The molecule has 0 aromatic carbocycles. The smallest absolute Gasteiger partial charge is 0.0276 e. The normalized spacial score (nSPS) is 50.1. The molecule has 0 aliphatic heterocycles. The molecule has 0 aromatic heterocycles. The fraction of sp³-hybridized carbons (Fsp3) is 1.00. The van der Waals surface area contributed by atoms with Crippen LogP contribution in [-0.2, 0) is 0 Å². The van der Waals surface area contributed by atoms with Crippen LogP contribution in [0, 0.1) is 11.3 Å². The molecule has 2 rings (SSSR count). The van der Waals surface area contributed by atoms with Gasteiger partial charge in [0, 0.05) is 3.42 Å². The molecular weight excluding hydrogens is 235 g/mol. The van der Waals surface area contributed by atoms with Crippen molar-refractivity contribution in [1.82, 2.24) is 0 Å². The average Bonchev–Trinajstić information content (AvgIpc) is 2.18. The zero-order chi connectivity index (χ0) is 7.41. The largest absolute Gasteiger partial charge is 0.0783 e. The summed E-state index contributed by atoms with van der Waals surface area (Å²) in [5.41, 5.74) is 0.646. The van der Waals surface area contributed by atoms with Crippen LogP contribution in [0.25, 0.3) is 0 Å². The Kier molecular flexibility index (Phi) is 1.41. The van der Waals surface area contributed by atoms with E-state index in [1.165, 1.54) is 25.7 Å². The average molecular weight is 250 g/mol. The molecule has 2 bridgehead atoms. The number of rotatable bonds is 0. The van der Waals surface area contributed by atoms with Crippen LogP contribution in [0.3, 0.4) is 0 Å². The summed E-state index contributed by atoms with van der Waals surface area (Å²) in [5, 5.41) is 0. The second kappa shape index (κ2) is 1.90. The van der Waals surface area contributed by atoms with E-state index in [-0.39, 0.29) is 0 Å². The summed E-state index contributed by atoms with van der Waals surface area (Å²) in [6, 6.07) is 0. The Labute approximate surface area is 76.9 Å². The monoisotopic (exact) mass is 250 g/mol. The van der Waals surface area contributed by atoms with Gasteiger partial charge < -0.3 is 0 Å². The number of hydrogen-bond acceptors (Lipinski definition) is 0. The molecule has 0 saturated heterocycles. The first-order chi connectivity index (χ1) is 4.56. The summed E-state index contributed by atoms with van der Waals surface area (Å²) >= 11 is 2.71. The molecule has 0 amide bonds. The molecule has 58 valence electrons. The minimum atomic E-state index is 0.646. The van der Waals surface area contributed by atoms with Crippen molar-refractivity contribution in [3.8, 4) is 0 Å². The van der Waals surface area contributed by atoms with Crippen LogP contribution in [0.5, 0.6) is 0 Å². The van der Waals surface area contributed by atoms with Crippen molar-refractivity contribution in [2.24, 2.45) is 11.3 Å². The lowest BCUT2D eigenvalue weighted by molar-refractivity contribution is 0.291. The first-order valence-electron chi connectivity index (χ1n) is 4.25. The molecule has 0 radical (unpaired) electrons. The van der Waals surface area contributed by atoms with Gasteiger partial charge in [0.2, 0.25) is 0 Å². The maximum atomic E-state index is 2.71. The van der Waals surface area contributed by atoms with Gasteiger partial charge in [-0.05, 0) is 37.0 Å². The van der Waals surface area contributed by atoms with Gasteiger partial charge in [-0.15, -0.1) is 0 Å². The van der Waals surface area contributed by atoms with Gasteiger partial charge >= 0.3 is 0 Å². The third-order valence-electron chi connectivity index (χ3n) is 3.95. The van der Waals surface area contributed by atoms with E-state index in [0.29, 0.717) is 8.84 Å². The molecule has 0 aromatic rings. The van der Waals surface area contributed by atoms with Gasteiger partial charge in [-0.25, -0.2) is 0 Å². The van der Waals surface area contributed by atoms with Crippen LogP contribution in [0.15, 0.2) is 0 Å². The van der Waals surface area contributed by atoms with Crippen molar-refractivity contribution in [3.05, 3.63) is 0 Å². The Balaban J connectivity index is 2.37. The fourth-order valence-corrected chi connectivity index (χ4v) is 3.87. The number of hydrogen-bond donors (Lipinski definition) is 0. The third-order valence-corrected chi connectivity index (χ3v) is 6.42. The highest BCUT2D eigenvalue weighted by molar-refractivity contribution is 14.1. The van der Waals surface area contributed by atoms with E-state index < -0.39 is 0 Å². The van der Waals surface area contributed by atoms with Gasteiger partial charge in [0.05, 0.1) is 0 Å². The summed E-state index contributed by atoms with van der Waals surface area (Å²) in [6.07, 6.45) is 5.95. The van der Waals surface area contributed by atoms with Gasteiger partial charge in [0.1, 0.15) is 0 Å². The van der Waals surface area contributed by atoms with Crippen LogP contribution in [-0.4, -0.2) is 3.42 Å². The van der Waals surface area contributed by atoms with Crippen molar-refractivity contribution in [3.63, 3.8) is 0 Å². The zero-order valence-corrected chi connectivity index (χ0v) is 8.94. The molecule has 0 atom stereocenters. The van der Waals surface area contributed by atoms with Gasteiger partial charge in [0.25, 0.3) is 0 Å². The van der Waals surface area contributed by atoms with Gasteiger partial charge in [-0.2, -0.15) is 0 Å². The number of alkyl halides is 1. The molecule has 0 unspecified atom stereocenters. The molecule has 2 aliphatic rings. The molecule has 1 heteroatoms. The molecule has 0 nitrogen and oxygen atoms in total. The second-order valence-electron chi connectivity index (χ2n) is 4.46. The first kappa shape index (κ1) is 7.38. The van der Waals surface area contributed by atoms with E-state index in [4.69, 9.17) is 0 Å². The Bertz CT molecular complexity index is 149. The summed E-state index contributed by atoms with van der Waals surface area (Å²) < 4.78 is 0.676. The van der Waals surface area contributed by atoms with E-state index in [2.05, 4.69) is 36.4 Å². The lowest BCUT2D eigenvalue weighted by Gasteiger charge is -2.32. The second-order valence-corrected chi connectivity index (χ2v) is 6.53. The minimum absolute atomic E-state index is 0.646. The molecule has 2 aliphatic carbocycles. The molecular formula is C9H15I. The Hall–Kier alpha value is 0.730. The predicted octanol–water partition coefficient (Wildman–Crippen LogP) is 3.39. The van der Waals surface area contributed by atoms with E-state index in [1.54, 1.807) is 0 Å². The van der Waals surface area contributed by atoms with Crippen LogP contribution in [0.1, 0.15) is 39.5 Å². The summed E-state index contributed by atoms with van der Waals surface area (Å²) in [7, 11) is 0. The lowest BCUT2D eigenvalue weighted by atomic mass is 9.82. The van der Waals surface area contributed by atoms with Crippen LogP contribution in [0.2, 0.25) is 0 Å². The van der Waals surface area contributed by atoms with E-state index in [9.17, 15) is 0 Å². The summed E-state index contributed by atoms with van der Waals surface area (Å²) in [6.45, 7) is 4.92. The van der Waals surface area contributed by atoms with Crippen molar-refractivity contribution in [2.45, 2.75) is 43.0 Å². The van der Waals surface area contributed by atoms with Crippen molar-refractivity contribution < 1.29 is 0 Å². The van der Waals surface area contributed by atoms with Crippen LogP contribution >= 0.6 is 22.6 Å². The van der Waals surface area contributed by atoms with Gasteiger partial charge in [-0.3, -0.25) is 0 Å². The molecule has 0 N–H and O–H groups in total. The molecule has 0 heterocycles. The number of halogens is 1. The van der Waals surface area contributed by atoms with Gasteiger partial charge in [0.15, 0.2) is 0 Å². The topological polar surface area (TPSA) is 0 Å². The number of fused-ring (bicyclic) bond motifs is 2. The summed E-state index contributed by atoms with van der Waals surface area (Å²) in [5.74, 6) is 1.05. The van der Waals surface area contributed by atoms with E-state index in [1.807, 2.05) is 0 Å². The van der Waals surface area contributed by atoms with Gasteiger partial charge in [-0.1, -0.05) is 36.4 Å². The zero-order valence-electron chi connectivity index (χ0n) is 6.78. The molecule has 2 saturated carbocycles. The Morgan fingerprint density at radius 1 is 1.20 bits per heavy atom. The van der Waals surface area contributed by atoms with Crippen LogP contribution < -0.4 is 0 Å². The Morgan fingerprint density at radius 2 is 1.70 bits per heavy atom. The lowest BCUT2D eigenvalue weighted by Crippen LogP contribution is -2.30. The van der Waals surface area contributed by atoms with Crippen molar-refractivity contribution in [2.75, 3.05) is 0 Å². The highest BCUT2D eigenvalue weighted by Crippen LogP contribution is 2.64. The maximum Gasteiger partial charge on any atom is 0.0276 e. The first-order valence-corrected chi connectivity index (χ1v) is 5.33. The molecule has 0 spiro atoms. The maximum absolute atomic E-state index is 2.71. The minimum Gasteiger partial charge on any atom is -0.0783 e. The molecule has 2 fully saturated rings.